The number of Topliss-reactive ketones (excluding diaryl/α,β-unsaturated/α-hetero) is 1. The second-order valence-electron chi connectivity index (χ2n) is 6.86. The maximum Gasteiger partial charge on any atom is 0.156 e. The summed E-state index contributed by atoms with van der Waals surface area (Å²) >= 11 is 0. The fourth-order valence-electron chi connectivity index (χ4n) is 3.51. The molecule has 0 atom stereocenters. The highest BCUT2D eigenvalue weighted by atomic mass is 16.5. The average molecular weight is 349 g/mol. The van der Waals surface area contributed by atoms with Crippen LogP contribution in [0.25, 0.3) is 0 Å². The van der Waals surface area contributed by atoms with Crippen molar-refractivity contribution in [2.75, 3.05) is 0 Å². The van der Waals surface area contributed by atoms with Crippen LogP contribution in [0.1, 0.15) is 45.1 Å². The number of ether oxygens (including phenoxy) is 1. The second kappa shape index (κ2) is 8.22. The molecule has 3 rings (SSSR count). The summed E-state index contributed by atoms with van der Waals surface area (Å²) in [6.07, 6.45) is 15.9. The van der Waals surface area contributed by atoms with Gasteiger partial charge in [0.15, 0.2) is 5.78 Å². The lowest BCUT2D eigenvalue weighted by Gasteiger charge is -2.42. The molecule has 2 aliphatic rings. The van der Waals surface area contributed by atoms with E-state index in [0.29, 0.717) is 6.61 Å². The Morgan fingerprint density at radius 1 is 1.23 bits per heavy atom. The molecular formula is C23H27NO2. The van der Waals surface area contributed by atoms with Crippen LogP contribution in [-0.2, 0) is 16.1 Å². The van der Waals surface area contributed by atoms with E-state index < -0.39 is 5.54 Å². The number of hydrogen-bond donors (Lipinski definition) is 0. The van der Waals surface area contributed by atoms with E-state index in [1.807, 2.05) is 36.6 Å². The number of benzene rings is 1. The van der Waals surface area contributed by atoms with Gasteiger partial charge in [0.05, 0.1) is 5.70 Å². The molecule has 136 valence electrons. The Kier molecular flexibility index (Phi) is 5.77. The van der Waals surface area contributed by atoms with E-state index in [1.54, 1.807) is 6.92 Å². The molecule has 1 aliphatic heterocycles. The smallest absolute Gasteiger partial charge is 0.156 e. The van der Waals surface area contributed by atoms with Crippen LogP contribution in [0.4, 0.5) is 0 Å². The Labute approximate surface area is 156 Å². The van der Waals surface area contributed by atoms with Crippen LogP contribution in [-0.4, -0.2) is 16.2 Å². The standard InChI is InChI=1S/C23H27NO2/c1-3-4-13-21-22(26-18-20-11-6-5-7-12-20)14-10-17-24(21)23(19(2)25)15-8-9-16-23/h5-14,17H,3-4,15-16,18H2,1-2H3/b21-13+. The van der Waals surface area contributed by atoms with E-state index in [-0.39, 0.29) is 5.78 Å². The zero-order valence-electron chi connectivity index (χ0n) is 15.7. The highest BCUT2D eigenvalue weighted by Gasteiger charge is 2.43. The molecule has 0 bridgehead atoms. The molecule has 3 nitrogen and oxygen atoms in total. The lowest BCUT2D eigenvalue weighted by atomic mass is 9.88. The molecule has 1 aliphatic carbocycles. The van der Waals surface area contributed by atoms with Crippen molar-refractivity contribution in [3.8, 4) is 0 Å². The molecule has 3 heteroatoms. The van der Waals surface area contributed by atoms with Crippen molar-refractivity contribution in [2.24, 2.45) is 0 Å². The zero-order valence-corrected chi connectivity index (χ0v) is 15.7. The molecule has 1 heterocycles. The summed E-state index contributed by atoms with van der Waals surface area (Å²) in [5.74, 6) is 1.02. The predicted molar refractivity (Wildman–Crippen MR) is 105 cm³/mol. The Balaban J connectivity index is 1.86. The minimum absolute atomic E-state index is 0.193. The molecule has 0 aromatic heterocycles. The molecule has 0 fully saturated rings. The summed E-state index contributed by atoms with van der Waals surface area (Å²) in [6, 6.07) is 10.2. The van der Waals surface area contributed by atoms with E-state index >= 15 is 0 Å². The van der Waals surface area contributed by atoms with Crippen molar-refractivity contribution in [2.45, 2.75) is 51.7 Å². The van der Waals surface area contributed by atoms with Crippen LogP contribution in [0, 0.1) is 0 Å². The molecule has 0 N–H and O–H groups in total. The predicted octanol–water partition coefficient (Wildman–Crippen LogP) is 5.28. The van der Waals surface area contributed by atoms with E-state index in [4.69, 9.17) is 4.74 Å². The van der Waals surface area contributed by atoms with E-state index in [1.165, 1.54) is 0 Å². The molecule has 0 radical (unpaired) electrons. The summed E-state index contributed by atoms with van der Waals surface area (Å²) in [5, 5.41) is 0. The molecule has 26 heavy (non-hydrogen) atoms. The summed E-state index contributed by atoms with van der Waals surface area (Å²) in [6.45, 7) is 4.37. The maximum absolute atomic E-state index is 12.6. The van der Waals surface area contributed by atoms with Gasteiger partial charge in [-0.3, -0.25) is 4.79 Å². The molecule has 0 spiro atoms. The van der Waals surface area contributed by atoms with Crippen molar-refractivity contribution in [3.05, 3.63) is 83.9 Å². The van der Waals surface area contributed by atoms with Gasteiger partial charge in [-0.25, -0.2) is 0 Å². The number of carbonyl (C=O) groups is 1. The highest BCUT2D eigenvalue weighted by Crippen LogP contribution is 2.38. The van der Waals surface area contributed by atoms with Gasteiger partial charge >= 0.3 is 0 Å². The second-order valence-corrected chi connectivity index (χ2v) is 6.86. The monoisotopic (exact) mass is 349 g/mol. The van der Waals surface area contributed by atoms with Crippen LogP contribution in [0.3, 0.4) is 0 Å². The molecule has 1 aromatic carbocycles. The first-order valence-corrected chi connectivity index (χ1v) is 9.38. The van der Waals surface area contributed by atoms with Gasteiger partial charge in [0.2, 0.25) is 0 Å². The third-order valence-electron chi connectivity index (χ3n) is 5.05. The number of allylic oxidation sites excluding steroid dienone is 3. The summed E-state index contributed by atoms with van der Waals surface area (Å²) in [5.41, 5.74) is 1.61. The number of unbranched alkanes of at least 4 members (excludes halogenated alkanes) is 1. The molecular weight excluding hydrogens is 322 g/mol. The van der Waals surface area contributed by atoms with Gasteiger partial charge in [-0.05, 0) is 43.9 Å². The molecule has 0 saturated carbocycles. The zero-order chi connectivity index (χ0) is 18.4. The number of rotatable bonds is 7. The van der Waals surface area contributed by atoms with Gasteiger partial charge in [0, 0.05) is 6.20 Å². The number of carbonyl (C=O) groups excluding carboxylic acids is 1. The number of hydrogen-bond acceptors (Lipinski definition) is 3. The fraction of sp³-hybridized carbons (Fsp3) is 0.348. The third-order valence-corrected chi connectivity index (χ3v) is 5.05. The van der Waals surface area contributed by atoms with Crippen molar-refractivity contribution in [1.82, 2.24) is 4.90 Å². The van der Waals surface area contributed by atoms with Gasteiger partial charge in [0.25, 0.3) is 0 Å². The molecule has 1 aromatic rings. The third kappa shape index (κ3) is 3.67. The summed E-state index contributed by atoms with van der Waals surface area (Å²) in [4.78, 5) is 14.7. The largest absolute Gasteiger partial charge is 0.487 e. The van der Waals surface area contributed by atoms with Crippen molar-refractivity contribution in [3.63, 3.8) is 0 Å². The molecule has 0 unspecified atom stereocenters. The van der Waals surface area contributed by atoms with Crippen LogP contribution >= 0.6 is 0 Å². The van der Waals surface area contributed by atoms with Gasteiger partial charge in [-0.15, -0.1) is 0 Å². The Morgan fingerprint density at radius 3 is 2.62 bits per heavy atom. The first-order valence-electron chi connectivity index (χ1n) is 9.38. The quantitative estimate of drug-likeness (QED) is 0.627. The first kappa shape index (κ1) is 18.2. The highest BCUT2D eigenvalue weighted by molar-refractivity contribution is 5.88. The van der Waals surface area contributed by atoms with Crippen LogP contribution in [0.5, 0.6) is 0 Å². The van der Waals surface area contributed by atoms with Crippen molar-refractivity contribution in [1.29, 1.82) is 0 Å². The normalized spacial score (nSPS) is 19.7. The number of ketones is 1. The van der Waals surface area contributed by atoms with E-state index in [9.17, 15) is 4.79 Å². The average Bonchev–Trinajstić information content (AvgIpc) is 3.17. The Bertz CT molecular complexity index is 748. The van der Waals surface area contributed by atoms with Gasteiger partial charge < -0.3 is 9.64 Å². The van der Waals surface area contributed by atoms with Crippen LogP contribution < -0.4 is 0 Å². The van der Waals surface area contributed by atoms with Crippen molar-refractivity contribution >= 4 is 5.78 Å². The molecule has 0 amide bonds. The Morgan fingerprint density at radius 2 is 1.96 bits per heavy atom. The fourth-order valence-corrected chi connectivity index (χ4v) is 3.51. The lowest BCUT2D eigenvalue weighted by molar-refractivity contribution is -0.126. The van der Waals surface area contributed by atoms with E-state index in [2.05, 4.69) is 42.2 Å². The number of nitrogens with zero attached hydrogens (tertiary/aromatic N) is 1. The lowest BCUT2D eigenvalue weighted by Crippen LogP contribution is -2.49. The first-order chi connectivity index (χ1) is 12.7. The summed E-state index contributed by atoms with van der Waals surface area (Å²) in [7, 11) is 0. The minimum atomic E-state index is -0.522. The maximum atomic E-state index is 12.6. The Hall–Kier alpha value is -2.55. The topological polar surface area (TPSA) is 29.5 Å². The minimum Gasteiger partial charge on any atom is -0.487 e. The van der Waals surface area contributed by atoms with Crippen LogP contribution in [0.15, 0.2) is 78.4 Å². The van der Waals surface area contributed by atoms with Gasteiger partial charge in [0.1, 0.15) is 17.9 Å². The summed E-state index contributed by atoms with van der Waals surface area (Å²) < 4.78 is 6.16. The van der Waals surface area contributed by atoms with Gasteiger partial charge in [-0.1, -0.05) is 61.9 Å². The van der Waals surface area contributed by atoms with Gasteiger partial charge in [-0.2, -0.15) is 0 Å². The van der Waals surface area contributed by atoms with E-state index in [0.717, 1.165) is 42.7 Å². The van der Waals surface area contributed by atoms with Crippen LogP contribution in [0.2, 0.25) is 0 Å². The molecule has 0 saturated heterocycles. The van der Waals surface area contributed by atoms with Crippen molar-refractivity contribution < 1.29 is 9.53 Å². The SMILES string of the molecule is CCC/C=C1\C(OCc2ccccc2)=CC=CN1C1(C(C)=O)CC=CC1.